The Kier molecular flexibility index (Phi) is 8.46. The molecule has 0 bridgehead atoms. The lowest BCUT2D eigenvalue weighted by Crippen LogP contribution is -2.51. The molecule has 1 aliphatic carbocycles. The van der Waals surface area contributed by atoms with Gasteiger partial charge in [0.2, 0.25) is 0 Å². The Morgan fingerprint density at radius 2 is 2.07 bits per heavy atom. The van der Waals surface area contributed by atoms with Gasteiger partial charge in [-0.2, -0.15) is 0 Å². The van der Waals surface area contributed by atoms with Gasteiger partial charge in [-0.3, -0.25) is 14.6 Å². The summed E-state index contributed by atoms with van der Waals surface area (Å²) in [6.45, 7) is 4.29. The van der Waals surface area contributed by atoms with Crippen LogP contribution in [0.3, 0.4) is 0 Å². The summed E-state index contributed by atoms with van der Waals surface area (Å²) in [5.41, 5.74) is 2.35. The molecule has 3 heterocycles. The van der Waals surface area contributed by atoms with Crippen LogP contribution in [0.1, 0.15) is 50.9 Å². The highest BCUT2D eigenvalue weighted by molar-refractivity contribution is 7.17. The van der Waals surface area contributed by atoms with Crippen LogP contribution in [-0.2, 0) is 12.8 Å². The number of thiophene rings is 1. The van der Waals surface area contributed by atoms with Crippen molar-refractivity contribution in [2.24, 2.45) is 0 Å². The normalized spacial score (nSPS) is 18.1. The molecule has 1 unspecified atom stereocenters. The van der Waals surface area contributed by atoms with Crippen LogP contribution >= 0.6 is 36.2 Å². The number of fused-ring (bicyclic) bond motifs is 1. The number of carbonyl (C=O) groups excluding carboxylic acids is 2. The topological polar surface area (TPSA) is 74.3 Å². The molecule has 0 aromatic carbocycles. The van der Waals surface area contributed by atoms with E-state index < -0.39 is 0 Å². The number of hydrogen-bond acceptors (Lipinski definition) is 5. The average molecular weight is 457 g/mol. The molecule has 1 atom stereocenters. The minimum absolute atomic E-state index is 0. The summed E-state index contributed by atoms with van der Waals surface area (Å²) in [7, 11) is 0. The summed E-state index contributed by atoms with van der Waals surface area (Å²) >= 11 is 1.56. The van der Waals surface area contributed by atoms with E-state index in [1.54, 1.807) is 35.9 Å². The molecule has 0 spiro atoms. The van der Waals surface area contributed by atoms with Crippen LogP contribution in [0.4, 0.5) is 5.00 Å². The van der Waals surface area contributed by atoms with Crippen molar-refractivity contribution in [2.75, 3.05) is 25.0 Å². The third-order valence-electron chi connectivity index (χ3n) is 5.19. The largest absolute Gasteiger partial charge is 0.336 e. The number of amides is 2. The van der Waals surface area contributed by atoms with Gasteiger partial charge in [-0.05, 0) is 50.3 Å². The fraction of sp³-hybridized carbons (Fsp3) is 0.450. The monoisotopic (exact) mass is 456 g/mol. The van der Waals surface area contributed by atoms with Gasteiger partial charge >= 0.3 is 0 Å². The molecule has 158 valence electrons. The predicted octanol–water partition coefficient (Wildman–Crippen LogP) is 3.55. The molecule has 9 heteroatoms. The number of halogens is 2. The van der Waals surface area contributed by atoms with Crippen LogP contribution in [-0.4, -0.2) is 47.4 Å². The van der Waals surface area contributed by atoms with Crippen molar-refractivity contribution in [3.8, 4) is 0 Å². The molecule has 1 fully saturated rings. The molecule has 1 aliphatic heterocycles. The molecule has 0 radical (unpaired) electrons. The van der Waals surface area contributed by atoms with Crippen molar-refractivity contribution in [3.63, 3.8) is 0 Å². The van der Waals surface area contributed by atoms with Crippen molar-refractivity contribution in [2.45, 2.75) is 38.6 Å². The van der Waals surface area contributed by atoms with Crippen molar-refractivity contribution in [1.82, 2.24) is 15.2 Å². The van der Waals surface area contributed by atoms with Crippen molar-refractivity contribution in [3.05, 3.63) is 46.1 Å². The number of anilines is 1. The zero-order valence-corrected chi connectivity index (χ0v) is 18.7. The highest BCUT2D eigenvalue weighted by Gasteiger charge is 2.31. The van der Waals surface area contributed by atoms with E-state index in [0.29, 0.717) is 29.2 Å². The number of carbonyl (C=O) groups is 2. The van der Waals surface area contributed by atoms with E-state index >= 15 is 0 Å². The van der Waals surface area contributed by atoms with Crippen LogP contribution < -0.4 is 10.6 Å². The predicted molar refractivity (Wildman–Crippen MR) is 121 cm³/mol. The van der Waals surface area contributed by atoms with Crippen molar-refractivity contribution >= 4 is 53.0 Å². The van der Waals surface area contributed by atoms with Gasteiger partial charge in [0.1, 0.15) is 5.00 Å². The molecule has 6 nitrogen and oxygen atoms in total. The fourth-order valence-corrected chi connectivity index (χ4v) is 5.10. The quantitative estimate of drug-likeness (QED) is 0.740. The Bertz CT molecular complexity index is 860. The first kappa shape index (κ1) is 23.6. The standard InChI is InChI=1S/C20H24N4O2S.2ClH/c1-13-12-24(10-9-22-13)20(26)17-15-6-2-3-7-16(15)27-19(17)23-18(25)14-5-4-8-21-11-14;;/h4-5,8,11,13,22H,2-3,6-7,9-10,12H2,1H3,(H,23,25);2*1H. The molecule has 2 N–H and O–H groups in total. The van der Waals surface area contributed by atoms with Gasteiger partial charge in [-0.25, -0.2) is 0 Å². The molecule has 1 saturated heterocycles. The Morgan fingerprint density at radius 3 is 2.79 bits per heavy atom. The smallest absolute Gasteiger partial charge is 0.257 e. The maximum atomic E-state index is 13.4. The zero-order chi connectivity index (χ0) is 18.8. The minimum Gasteiger partial charge on any atom is -0.336 e. The summed E-state index contributed by atoms with van der Waals surface area (Å²) in [5.74, 6) is -0.173. The molecule has 2 aliphatic rings. The molecular weight excluding hydrogens is 431 g/mol. The van der Waals surface area contributed by atoms with Crippen LogP contribution in [0.2, 0.25) is 0 Å². The van der Waals surface area contributed by atoms with E-state index in [0.717, 1.165) is 37.8 Å². The molecule has 4 rings (SSSR count). The lowest BCUT2D eigenvalue weighted by molar-refractivity contribution is 0.0709. The third kappa shape index (κ3) is 5.09. The number of aryl methyl sites for hydroxylation is 1. The van der Waals surface area contributed by atoms with Gasteiger partial charge < -0.3 is 15.5 Å². The van der Waals surface area contributed by atoms with E-state index in [1.165, 1.54) is 4.88 Å². The second-order valence-electron chi connectivity index (χ2n) is 7.22. The highest BCUT2D eigenvalue weighted by Crippen LogP contribution is 2.39. The second-order valence-corrected chi connectivity index (χ2v) is 8.32. The number of aromatic nitrogens is 1. The lowest BCUT2D eigenvalue weighted by atomic mass is 9.94. The highest BCUT2D eigenvalue weighted by atomic mass is 35.5. The molecule has 29 heavy (non-hydrogen) atoms. The Hall–Kier alpha value is -1.67. The van der Waals surface area contributed by atoms with Gasteiger partial charge in [0.05, 0.1) is 11.1 Å². The zero-order valence-electron chi connectivity index (χ0n) is 16.3. The minimum atomic E-state index is -0.218. The SMILES string of the molecule is CC1CN(C(=O)c2c(NC(=O)c3cccnc3)sc3c2CCCC3)CCN1.Cl.Cl. The number of rotatable bonds is 3. The van der Waals surface area contributed by atoms with Crippen LogP contribution in [0.25, 0.3) is 0 Å². The maximum Gasteiger partial charge on any atom is 0.257 e. The Balaban J connectivity index is 0.00000150. The van der Waals surface area contributed by atoms with Crippen LogP contribution in [0, 0.1) is 0 Å². The van der Waals surface area contributed by atoms with E-state index in [2.05, 4.69) is 22.5 Å². The molecule has 2 amide bonds. The number of nitrogens with one attached hydrogen (secondary N) is 2. The number of nitrogens with zero attached hydrogens (tertiary/aromatic N) is 2. The Morgan fingerprint density at radius 1 is 1.28 bits per heavy atom. The first-order chi connectivity index (χ1) is 13.1. The second kappa shape index (κ2) is 10.4. The first-order valence-electron chi connectivity index (χ1n) is 9.52. The van der Waals surface area contributed by atoms with E-state index in [4.69, 9.17) is 0 Å². The Labute approximate surface area is 187 Å². The lowest BCUT2D eigenvalue weighted by Gasteiger charge is -2.32. The summed E-state index contributed by atoms with van der Waals surface area (Å²) < 4.78 is 0. The van der Waals surface area contributed by atoms with E-state index in [9.17, 15) is 9.59 Å². The van der Waals surface area contributed by atoms with Gasteiger partial charge in [0.15, 0.2) is 0 Å². The molecule has 2 aromatic heterocycles. The van der Waals surface area contributed by atoms with Crippen LogP contribution in [0.5, 0.6) is 0 Å². The van der Waals surface area contributed by atoms with Gasteiger partial charge in [-0.1, -0.05) is 0 Å². The average Bonchev–Trinajstić information content (AvgIpc) is 3.05. The number of pyridine rings is 1. The summed E-state index contributed by atoms with van der Waals surface area (Å²) in [6.07, 6.45) is 7.32. The summed E-state index contributed by atoms with van der Waals surface area (Å²) in [4.78, 5) is 33.2. The molecule has 0 saturated carbocycles. The fourth-order valence-electron chi connectivity index (χ4n) is 3.83. The number of piperazine rings is 1. The van der Waals surface area contributed by atoms with Gasteiger partial charge in [0, 0.05) is 42.9 Å². The molecule has 2 aromatic rings. The van der Waals surface area contributed by atoms with Crippen LogP contribution in [0.15, 0.2) is 24.5 Å². The van der Waals surface area contributed by atoms with E-state index in [1.807, 2.05) is 4.90 Å². The van der Waals surface area contributed by atoms with Crippen molar-refractivity contribution in [1.29, 1.82) is 0 Å². The van der Waals surface area contributed by atoms with Crippen molar-refractivity contribution < 1.29 is 9.59 Å². The third-order valence-corrected chi connectivity index (χ3v) is 6.40. The molecular formula is C20H26Cl2N4O2S. The van der Waals surface area contributed by atoms with Gasteiger partial charge in [-0.15, -0.1) is 36.2 Å². The number of hydrogen-bond donors (Lipinski definition) is 2. The van der Waals surface area contributed by atoms with Gasteiger partial charge in [0.25, 0.3) is 11.8 Å². The first-order valence-corrected chi connectivity index (χ1v) is 10.3. The van der Waals surface area contributed by atoms with E-state index in [-0.39, 0.29) is 42.7 Å². The summed E-state index contributed by atoms with van der Waals surface area (Å²) in [5, 5.41) is 7.05. The summed E-state index contributed by atoms with van der Waals surface area (Å²) in [6, 6.07) is 3.75. The maximum absolute atomic E-state index is 13.4.